The van der Waals surface area contributed by atoms with Gasteiger partial charge in [-0.15, -0.1) is 0 Å². The van der Waals surface area contributed by atoms with Crippen molar-refractivity contribution in [2.24, 2.45) is 5.92 Å². The summed E-state index contributed by atoms with van der Waals surface area (Å²) < 4.78 is 38.7. The molecule has 0 amide bonds. The van der Waals surface area contributed by atoms with Gasteiger partial charge in [-0.25, -0.2) is 12.8 Å². The van der Waals surface area contributed by atoms with E-state index in [0.717, 1.165) is 12.1 Å². The first kappa shape index (κ1) is 13.3. The summed E-state index contributed by atoms with van der Waals surface area (Å²) in [6.45, 7) is 0.588. The zero-order chi connectivity index (χ0) is 13.3. The Morgan fingerprint density at radius 3 is 2.78 bits per heavy atom. The monoisotopic (exact) mass is 274 g/mol. The molecule has 1 aromatic carbocycles. The maximum absolute atomic E-state index is 12.9. The van der Waals surface area contributed by atoms with E-state index >= 15 is 0 Å². The Kier molecular flexibility index (Phi) is 3.56. The number of hydrogen-bond acceptors (Lipinski definition) is 4. The molecule has 2 rings (SSSR count). The van der Waals surface area contributed by atoms with E-state index in [1.54, 1.807) is 0 Å². The van der Waals surface area contributed by atoms with Crippen LogP contribution in [0.1, 0.15) is 6.42 Å². The number of benzene rings is 1. The molecule has 1 aromatic rings. The van der Waals surface area contributed by atoms with Gasteiger partial charge in [-0.05, 0) is 30.5 Å². The Balaban J connectivity index is 2.31. The molecule has 1 heterocycles. The summed E-state index contributed by atoms with van der Waals surface area (Å²) in [6, 6.07) is 3.24. The third-order valence-electron chi connectivity index (χ3n) is 3.10. The van der Waals surface area contributed by atoms with E-state index in [0.29, 0.717) is 13.0 Å². The van der Waals surface area contributed by atoms with Crippen molar-refractivity contribution in [3.8, 4) is 0 Å². The SMILES string of the molecule is Nc1cc(F)ccc1S(=O)(=O)N1CCC(CO)C1. The molecule has 0 bridgehead atoms. The normalized spacial score (nSPS) is 21.3. The highest BCUT2D eigenvalue weighted by Crippen LogP contribution is 2.27. The fourth-order valence-corrected chi connectivity index (χ4v) is 3.69. The maximum atomic E-state index is 12.9. The number of anilines is 1. The van der Waals surface area contributed by atoms with Crippen LogP contribution in [0.25, 0.3) is 0 Å². The third kappa shape index (κ3) is 2.33. The summed E-state index contributed by atoms with van der Waals surface area (Å²) in [5.41, 5.74) is 5.45. The van der Waals surface area contributed by atoms with E-state index in [1.807, 2.05) is 0 Å². The summed E-state index contributed by atoms with van der Waals surface area (Å²) in [5, 5.41) is 9.02. The summed E-state index contributed by atoms with van der Waals surface area (Å²) >= 11 is 0. The van der Waals surface area contributed by atoms with E-state index in [9.17, 15) is 12.8 Å². The van der Waals surface area contributed by atoms with Crippen LogP contribution >= 0.6 is 0 Å². The van der Waals surface area contributed by atoms with E-state index in [4.69, 9.17) is 10.8 Å². The molecule has 1 aliphatic rings. The van der Waals surface area contributed by atoms with Crippen LogP contribution in [0.2, 0.25) is 0 Å². The molecule has 1 atom stereocenters. The van der Waals surface area contributed by atoms with Crippen LogP contribution in [0.5, 0.6) is 0 Å². The third-order valence-corrected chi connectivity index (χ3v) is 5.04. The first-order valence-corrected chi connectivity index (χ1v) is 7.05. The molecule has 1 saturated heterocycles. The first-order valence-electron chi connectivity index (χ1n) is 5.61. The van der Waals surface area contributed by atoms with Crippen LogP contribution in [0.15, 0.2) is 23.1 Å². The predicted octanol–water partition coefficient (Wildman–Crippen LogP) is 0.411. The molecule has 5 nitrogen and oxygen atoms in total. The summed E-state index contributed by atoms with van der Waals surface area (Å²) in [4.78, 5) is -0.0810. The highest BCUT2D eigenvalue weighted by Gasteiger charge is 2.33. The second-order valence-corrected chi connectivity index (χ2v) is 6.29. The van der Waals surface area contributed by atoms with Gasteiger partial charge in [0.15, 0.2) is 0 Å². The van der Waals surface area contributed by atoms with Crippen molar-refractivity contribution in [2.75, 3.05) is 25.4 Å². The first-order chi connectivity index (χ1) is 8.45. The van der Waals surface area contributed by atoms with E-state index in [-0.39, 0.29) is 29.7 Å². The van der Waals surface area contributed by atoms with Crippen LogP contribution in [0.3, 0.4) is 0 Å². The minimum Gasteiger partial charge on any atom is -0.398 e. The summed E-state index contributed by atoms with van der Waals surface area (Å²) in [5.74, 6) is -0.609. The topological polar surface area (TPSA) is 83.6 Å². The van der Waals surface area contributed by atoms with Crippen molar-refractivity contribution in [1.29, 1.82) is 0 Å². The van der Waals surface area contributed by atoms with E-state index < -0.39 is 15.8 Å². The van der Waals surface area contributed by atoms with Crippen molar-refractivity contribution in [3.05, 3.63) is 24.0 Å². The van der Waals surface area contributed by atoms with Crippen LogP contribution < -0.4 is 5.73 Å². The second-order valence-electron chi connectivity index (χ2n) is 4.38. The van der Waals surface area contributed by atoms with Crippen LogP contribution in [-0.2, 0) is 10.0 Å². The lowest BCUT2D eigenvalue weighted by Crippen LogP contribution is -2.30. The molecule has 1 fully saturated rings. The van der Waals surface area contributed by atoms with E-state index in [2.05, 4.69) is 0 Å². The molecule has 0 aromatic heterocycles. The fourth-order valence-electron chi connectivity index (χ4n) is 2.06. The predicted molar refractivity (Wildman–Crippen MR) is 64.8 cm³/mol. The highest BCUT2D eigenvalue weighted by molar-refractivity contribution is 7.89. The van der Waals surface area contributed by atoms with Crippen LogP contribution in [-0.4, -0.2) is 37.5 Å². The van der Waals surface area contributed by atoms with E-state index in [1.165, 1.54) is 10.4 Å². The maximum Gasteiger partial charge on any atom is 0.245 e. The molecule has 0 saturated carbocycles. The molecule has 1 aliphatic heterocycles. The van der Waals surface area contributed by atoms with Gasteiger partial charge < -0.3 is 10.8 Å². The molecular formula is C11H15FN2O3S. The minimum atomic E-state index is -3.70. The number of rotatable bonds is 3. The molecule has 18 heavy (non-hydrogen) atoms. The molecule has 0 radical (unpaired) electrons. The lowest BCUT2D eigenvalue weighted by molar-refractivity contribution is 0.233. The average Bonchev–Trinajstić information content (AvgIpc) is 2.77. The van der Waals surface area contributed by atoms with Gasteiger partial charge in [0.25, 0.3) is 0 Å². The van der Waals surface area contributed by atoms with Gasteiger partial charge in [-0.1, -0.05) is 0 Å². The number of nitrogens with zero attached hydrogens (tertiary/aromatic N) is 1. The Hall–Kier alpha value is -1.18. The van der Waals surface area contributed by atoms with Gasteiger partial charge in [0, 0.05) is 19.7 Å². The number of aliphatic hydroxyl groups excluding tert-OH is 1. The molecule has 7 heteroatoms. The van der Waals surface area contributed by atoms with Crippen molar-refractivity contribution in [3.63, 3.8) is 0 Å². The fraction of sp³-hybridized carbons (Fsp3) is 0.455. The molecule has 100 valence electrons. The van der Waals surface area contributed by atoms with Gasteiger partial charge in [0.1, 0.15) is 10.7 Å². The zero-order valence-electron chi connectivity index (χ0n) is 9.71. The van der Waals surface area contributed by atoms with Crippen molar-refractivity contribution in [1.82, 2.24) is 4.31 Å². The quantitative estimate of drug-likeness (QED) is 0.782. The number of hydrogen-bond donors (Lipinski definition) is 2. The number of aliphatic hydroxyl groups is 1. The Bertz CT molecular complexity index is 547. The Morgan fingerprint density at radius 2 is 2.22 bits per heavy atom. The average molecular weight is 274 g/mol. The molecular weight excluding hydrogens is 259 g/mol. The van der Waals surface area contributed by atoms with Gasteiger partial charge >= 0.3 is 0 Å². The van der Waals surface area contributed by atoms with Crippen molar-refractivity contribution < 1.29 is 17.9 Å². The highest BCUT2D eigenvalue weighted by atomic mass is 32.2. The number of halogens is 1. The van der Waals surface area contributed by atoms with Gasteiger partial charge in [-0.3, -0.25) is 0 Å². The van der Waals surface area contributed by atoms with Gasteiger partial charge in [0.2, 0.25) is 10.0 Å². The van der Waals surface area contributed by atoms with Crippen LogP contribution in [0, 0.1) is 11.7 Å². The summed E-state index contributed by atoms with van der Waals surface area (Å²) in [6.07, 6.45) is 0.622. The van der Waals surface area contributed by atoms with Crippen molar-refractivity contribution >= 4 is 15.7 Å². The Labute approximate surface area is 105 Å². The van der Waals surface area contributed by atoms with Gasteiger partial charge in [0.05, 0.1) is 5.69 Å². The molecule has 0 aliphatic carbocycles. The lowest BCUT2D eigenvalue weighted by Gasteiger charge is -2.17. The number of sulfonamides is 1. The van der Waals surface area contributed by atoms with Gasteiger partial charge in [-0.2, -0.15) is 4.31 Å². The minimum absolute atomic E-state index is 0.0368. The smallest absolute Gasteiger partial charge is 0.245 e. The van der Waals surface area contributed by atoms with Crippen molar-refractivity contribution in [2.45, 2.75) is 11.3 Å². The second kappa shape index (κ2) is 4.83. The number of nitrogens with two attached hydrogens (primary N) is 1. The van der Waals surface area contributed by atoms with Crippen LogP contribution in [0.4, 0.5) is 10.1 Å². The number of nitrogen functional groups attached to an aromatic ring is 1. The molecule has 3 N–H and O–H groups in total. The standard InChI is InChI=1S/C11H15FN2O3S/c12-9-1-2-11(10(13)5-9)18(16,17)14-4-3-8(6-14)7-15/h1-2,5,8,15H,3-4,6-7,13H2. The zero-order valence-corrected chi connectivity index (χ0v) is 10.5. The summed E-state index contributed by atoms with van der Waals surface area (Å²) in [7, 11) is -3.70. The molecule has 0 spiro atoms. The molecule has 1 unspecified atom stereocenters. The Morgan fingerprint density at radius 1 is 1.50 bits per heavy atom. The largest absolute Gasteiger partial charge is 0.398 e. The lowest BCUT2D eigenvalue weighted by atomic mass is 10.1.